The molecule has 1 fully saturated rings. The lowest BCUT2D eigenvalue weighted by molar-refractivity contribution is 0.0591. The van der Waals surface area contributed by atoms with Gasteiger partial charge in [-0.3, -0.25) is 9.69 Å². The molecule has 1 aliphatic carbocycles. The van der Waals surface area contributed by atoms with Crippen LogP contribution in [0.5, 0.6) is 0 Å². The third-order valence-electron chi connectivity index (χ3n) is 5.73. The molecule has 1 aliphatic heterocycles. The monoisotopic (exact) mass is 353 g/mol. The van der Waals surface area contributed by atoms with Gasteiger partial charge in [0.1, 0.15) is 5.76 Å². The number of hydrogen-bond acceptors (Lipinski definition) is 4. The third kappa shape index (κ3) is 3.54. The van der Waals surface area contributed by atoms with Crippen LogP contribution in [0.1, 0.15) is 53.1 Å². The summed E-state index contributed by atoms with van der Waals surface area (Å²) in [7, 11) is 2.16. The van der Waals surface area contributed by atoms with Crippen molar-refractivity contribution in [2.75, 3.05) is 20.1 Å². The highest BCUT2D eigenvalue weighted by Crippen LogP contribution is 2.26. The van der Waals surface area contributed by atoms with Crippen molar-refractivity contribution in [1.82, 2.24) is 15.0 Å². The van der Waals surface area contributed by atoms with E-state index < -0.39 is 0 Å². The van der Waals surface area contributed by atoms with E-state index in [1.54, 1.807) is 0 Å². The van der Waals surface area contributed by atoms with Crippen molar-refractivity contribution >= 4 is 5.91 Å². The summed E-state index contributed by atoms with van der Waals surface area (Å²) >= 11 is 0. The van der Waals surface area contributed by atoms with E-state index in [0.717, 1.165) is 69.5 Å². The van der Waals surface area contributed by atoms with E-state index in [1.807, 2.05) is 11.0 Å². The zero-order valence-corrected chi connectivity index (χ0v) is 15.5. The second-order valence-corrected chi connectivity index (χ2v) is 7.59. The van der Waals surface area contributed by atoms with Crippen LogP contribution in [-0.2, 0) is 19.4 Å². The summed E-state index contributed by atoms with van der Waals surface area (Å²) in [6, 6.07) is 10.9. The number of aryl methyl sites for hydroxylation is 1. The topological polar surface area (TPSA) is 49.6 Å². The first-order valence-corrected chi connectivity index (χ1v) is 9.73. The smallest absolute Gasteiger partial charge is 0.276 e. The van der Waals surface area contributed by atoms with E-state index in [2.05, 4.69) is 41.4 Å². The fourth-order valence-corrected chi connectivity index (χ4v) is 4.20. The number of carbonyl (C=O) groups excluding carboxylic acids is 1. The molecule has 5 nitrogen and oxygen atoms in total. The van der Waals surface area contributed by atoms with Crippen molar-refractivity contribution in [1.29, 1.82) is 0 Å². The molecule has 1 aromatic heterocycles. The molecule has 138 valence electrons. The first-order valence-electron chi connectivity index (χ1n) is 9.73. The molecule has 2 aromatic rings. The molecule has 5 heteroatoms. The molecule has 0 bridgehead atoms. The number of carbonyl (C=O) groups is 1. The minimum absolute atomic E-state index is 0.0507. The normalized spacial score (nSPS) is 20.2. The summed E-state index contributed by atoms with van der Waals surface area (Å²) < 4.78 is 5.44. The maximum Gasteiger partial charge on any atom is 0.276 e. The van der Waals surface area contributed by atoms with E-state index in [9.17, 15) is 4.79 Å². The number of rotatable bonds is 4. The number of piperidine rings is 1. The lowest BCUT2D eigenvalue weighted by Crippen LogP contribution is -2.48. The fourth-order valence-electron chi connectivity index (χ4n) is 4.20. The number of likely N-dealkylation sites (N-methyl/N-ethyl adjacent to an activating group) is 1. The van der Waals surface area contributed by atoms with Gasteiger partial charge in [0.15, 0.2) is 5.69 Å². The summed E-state index contributed by atoms with van der Waals surface area (Å²) in [4.78, 5) is 17.4. The van der Waals surface area contributed by atoms with Crippen LogP contribution in [0, 0.1) is 0 Å². The summed E-state index contributed by atoms with van der Waals surface area (Å²) in [5.41, 5.74) is 2.93. The van der Waals surface area contributed by atoms with E-state index in [0.29, 0.717) is 11.7 Å². The van der Waals surface area contributed by atoms with Crippen LogP contribution in [0.25, 0.3) is 0 Å². The molecule has 1 atom stereocenters. The highest BCUT2D eigenvalue weighted by atomic mass is 16.5. The molecule has 1 aromatic carbocycles. The number of benzene rings is 1. The Hall–Kier alpha value is -2.14. The molecule has 0 unspecified atom stereocenters. The third-order valence-corrected chi connectivity index (χ3v) is 5.73. The molecule has 26 heavy (non-hydrogen) atoms. The van der Waals surface area contributed by atoms with Crippen molar-refractivity contribution in [2.45, 2.75) is 51.1 Å². The number of hydrogen-bond donors (Lipinski definition) is 0. The van der Waals surface area contributed by atoms with Crippen LogP contribution in [0.4, 0.5) is 0 Å². The van der Waals surface area contributed by atoms with Gasteiger partial charge in [-0.1, -0.05) is 35.5 Å². The van der Waals surface area contributed by atoms with Gasteiger partial charge in [-0.2, -0.15) is 0 Å². The van der Waals surface area contributed by atoms with Crippen LogP contribution < -0.4 is 0 Å². The summed E-state index contributed by atoms with van der Waals surface area (Å²) in [6.45, 7) is 2.49. The quantitative estimate of drug-likeness (QED) is 0.846. The standard InChI is InChI=1S/C21H27N3O2/c1-23(14-16-8-3-2-4-9-16)17-10-7-13-24(15-17)21(25)20-18-11-5-6-12-19(18)26-22-20/h2-4,8-9,17H,5-7,10-15H2,1H3/t17-/m0/s1. The van der Waals surface area contributed by atoms with Crippen LogP contribution >= 0.6 is 0 Å². The molecule has 2 aliphatic rings. The van der Waals surface area contributed by atoms with Gasteiger partial charge in [0.2, 0.25) is 0 Å². The SMILES string of the molecule is CN(Cc1ccccc1)[C@H]1CCCN(C(=O)c2noc3c2CCCC3)C1. The number of likely N-dealkylation sites (tertiary alicyclic amines) is 1. The van der Waals surface area contributed by atoms with Crippen LogP contribution in [0.15, 0.2) is 34.9 Å². The molecule has 4 rings (SSSR count). The number of aromatic nitrogens is 1. The van der Waals surface area contributed by atoms with Gasteiger partial charge < -0.3 is 9.42 Å². The summed E-state index contributed by atoms with van der Waals surface area (Å²) in [5, 5.41) is 4.13. The highest BCUT2D eigenvalue weighted by molar-refractivity contribution is 5.94. The Morgan fingerprint density at radius 3 is 2.88 bits per heavy atom. The molecule has 0 N–H and O–H groups in total. The fraction of sp³-hybridized carbons (Fsp3) is 0.524. The summed E-state index contributed by atoms with van der Waals surface area (Å²) in [5.74, 6) is 0.976. The first kappa shape index (κ1) is 17.3. The Bertz CT molecular complexity index is 756. The Morgan fingerprint density at radius 1 is 1.23 bits per heavy atom. The predicted octanol–water partition coefficient (Wildman–Crippen LogP) is 3.29. The van der Waals surface area contributed by atoms with Gasteiger partial charge >= 0.3 is 0 Å². The lowest BCUT2D eigenvalue weighted by atomic mass is 9.95. The largest absolute Gasteiger partial charge is 0.360 e. The van der Waals surface area contributed by atoms with Gasteiger partial charge in [0.05, 0.1) is 0 Å². The second-order valence-electron chi connectivity index (χ2n) is 7.59. The zero-order valence-electron chi connectivity index (χ0n) is 15.5. The molecule has 0 spiro atoms. The minimum Gasteiger partial charge on any atom is -0.360 e. The van der Waals surface area contributed by atoms with Crippen molar-refractivity contribution in [3.63, 3.8) is 0 Å². The van der Waals surface area contributed by atoms with E-state index in [-0.39, 0.29) is 5.91 Å². The van der Waals surface area contributed by atoms with Gasteiger partial charge in [-0.05, 0) is 44.7 Å². The van der Waals surface area contributed by atoms with Gasteiger partial charge in [-0.15, -0.1) is 0 Å². The van der Waals surface area contributed by atoms with Crippen molar-refractivity contribution in [3.8, 4) is 0 Å². The maximum absolute atomic E-state index is 13.0. The van der Waals surface area contributed by atoms with Crippen molar-refractivity contribution < 1.29 is 9.32 Å². The average molecular weight is 353 g/mol. The van der Waals surface area contributed by atoms with Gasteiger partial charge in [0.25, 0.3) is 5.91 Å². The maximum atomic E-state index is 13.0. The van der Waals surface area contributed by atoms with E-state index >= 15 is 0 Å². The molecular weight excluding hydrogens is 326 g/mol. The molecule has 2 heterocycles. The molecule has 1 saturated heterocycles. The van der Waals surface area contributed by atoms with Crippen molar-refractivity contribution in [2.24, 2.45) is 0 Å². The minimum atomic E-state index is 0.0507. The molecule has 0 radical (unpaired) electrons. The Kier molecular flexibility index (Phi) is 5.07. The molecule has 0 saturated carbocycles. The Balaban J connectivity index is 1.43. The highest BCUT2D eigenvalue weighted by Gasteiger charge is 2.31. The van der Waals surface area contributed by atoms with Crippen LogP contribution in [0.3, 0.4) is 0 Å². The van der Waals surface area contributed by atoms with Crippen molar-refractivity contribution in [3.05, 3.63) is 52.9 Å². The Labute approximate surface area is 155 Å². The van der Waals surface area contributed by atoms with E-state index in [1.165, 1.54) is 5.56 Å². The average Bonchev–Trinajstić information content (AvgIpc) is 3.12. The molecular formula is C21H27N3O2. The lowest BCUT2D eigenvalue weighted by Gasteiger charge is -2.37. The predicted molar refractivity (Wildman–Crippen MR) is 100.0 cm³/mol. The first-order chi connectivity index (χ1) is 12.7. The zero-order chi connectivity index (χ0) is 17.9. The van der Waals surface area contributed by atoms with Gasteiger partial charge in [0, 0.05) is 37.7 Å². The Morgan fingerprint density at radius 2 is 2.04 bits per heavy atom. The van der Waals surface area contributed by atoms with Crippen LogP contribution in [-0.4, -0.2) is 47.0 Å². The number of nitrogens with zero attached hydrogens (tertiary/aromatic N) is 3. The number of fused-ring (bicyclic) bond motifs is 1. The number of amides is 1. The van der Waals surface area contributed by atoms with Gasteiger partial charge in [-0.25, -0.2) is 0 Å². The second kappa shape index (κ2) is 7.62. The molecule has 1 amide bonds. The van der Waals surface area contributed by atoms with Crippen LogP contribution in [0.2, 0.25) is 0 Å². The van der Waals surface area contributed by atoms with E-state index in [4.69, 9.17) is 4.52 Å². The summed E-state index contributed by atoms with van der Waals surface area (Å²) in [6.07, 6.45) is 6.26.